The summed E-state index contributed by atoms with van der Waals surface area (Å²) in [4.78, 5) is 0. The molecule has 5 heteroatoms. The summed E-state index contributed by atoms with van der Waals surface area (Å²) in [5.41, 5.74) is 5.09. The Bertz CT molecular complexity index is 180. The van der Waals surface area contributed by atoms with Gasteiger partial charge in [0.2, 0.25) is 0 Å². The van der Waals surface area contributed by atoms with Gasteiger partial charge >= 0.3 is 8.80 Å². The van der Waals surface area contributed by atoms with Gasteiger partial charge in [-0.15, -0.1) is 0 Å². The summed E-state index contributed by atoms with van der Waals surface area (Å²) in [5, 5.41) is 0. The van der Waals surface area contributed by atoms with E-state index in [4.69, 9.17) is 19.0 Å². The van der Waals surface area contributed by atoms with Crippen molar-refractivity contribution < 1.29 is 13.3 Å². The summed E-state index contributed by atoms with van der Waals surface area (Å²) in [5.74, 6) is 0. The Labute approximate surface area is 94.5 Å². The molecule has 0 rings (SSSR count). The normalized spacial score (nSPS) is 14.0. The van der Waals surface area contributed by atoms with Crippen LogP contribution in [0, 0.1) is 0 Å². The van der Waals surface area contributed by atoms with Gasteiger partial charge in [0.15, 0.2) is 0 Å². The molecule has 0 aromatic carbocycles. The van der Waals surface area contributed by atoms with Gasteiger partial charge < -0.3 is 19.0 Å². The highest BCUT2D eigenvalue weighted by Crippen LogP contribution is 2.19. The van der Waals surface area contributed by atoms with Crippen LogP contribution in [0.1, 0.15) is 41.5 Å². The van der Waals surface area contributed by atoms with Crippen molar-refractivity contribution in [3.8, 4) is 0 Å². The van der Waals surface area contributed by atoms with E-state index in [1.807, 2.05) is 34.2 Å². The fraction of sp³-hybridized carbons (Fsp3) is 1.00. The van der Waals surface area contributed by atoms with Crippen LogP contribution in [-0.4, -0.2) is 26.7 Å². The number of nitrogens with two attached hydrogens (primary N) is 1. The smallest absolute Gasteiger partial charge is 0.371 e. The van der Waals surface area contributed by atoms with Crippen molar-refractivity contribution in [3.63, 3.8) is 0 Å². The van der Waals surface area contributed by atoms with Crippen LogP contribution >= 0.6 is 0 Å². The van der Waals surface area contributed by atoms with E-state index in [9.17, 15) is 0 Å². The highest BCUT2D eigenvalue weighted by atomic mass is 28.4. The van der Waals surface area contributed by atoms with E-state index in [0.717, 1.165) is 0 Å². The molecule has 0 bridgehead atoms. The van der Waals surface area contributed by atoms with Gasteiger partial charge in [0.25, 0.3) is 0 Å². The molecule has 0 unspecified atom stereocenters. The number of rotatable bonds is 6. The van der Waals surface area contributed by atoms with Crippen LogP contribution in [0.15, 0.2) is 0 Å². The van der Waals surface area contributed by atoms with Gasteiger partial charge in [0.1, 0.15) is 5.72 Å². The Morgan fingerprint density at radius 1 is 1.00 bits per heavy atom. The van der Waals surface area contributed by atoms with Crippen LogP contribution in [0.4, 0.5) is 0 Å². The molecule has 0 aliphatic rings. The molecule has 0 saturated heterocycles. The van der Waals surface area contributed by atoms with E-state index < -0.39 is 14.5 Å². The SMILES string of the molecule is CC(C)O[Si](C)(OC(C)C)OC(C)(C)N. The summed E-state index contributed by atoms with van der Waals surface area (Å²) in [7, 11) is -2.64. The monoisotopic (exact) mass is 235 g/mol. The fourth-order valence-corrected chi connectivity index (χ4v) is 4.23. The second-order valence-electron chi connectivity index (χ2n) is 4.90. The standard InChI is InChI=1S/C10H25NO3Si/c1-8(2)12-15(7,13-9(3)4)14-10(5,6)11/h8-9H,11H2,1-7H3. The van der Waals surface area contributed by atoms with Gasteiger partial charge in [-0.2, -0.15) is 0 Å². The first-order valence-electron chi connectivity index (χ1n) is 5.39. The average molecular weight is 235 g/mol. The summed E-state index contributed by atoms with van der Waals surface area (Å²) in [6.45, 7) is 13.3. The van der Waals surface area contributed by atoms with Crippen LogP contribution in [-0.2, 0) is 13.3 Å². The van der Waals surface area contributed by atoms with Crippen molar-refractivity contribution in [2.45, 2.75) is 66.0 Å². The predicted octanol–water partition coefficient (Wildman–Crippen LogP) is 2.12. The molecule has 4 nitrogen and oxygen atoms in total. The average Bonchev–Trinajstić information content (AvgIpc) is 1.73. The van der Waals surface area contributed by atoms with E-state index in [0.29, 0.717) is 0 Å². The second kappa shape index (κ2) is 5.40. The van der Waals surface area contributed by atoms with Crippen molar-refractivity contribution >= 4 is 8.80 Å². The molecular weight excluding hydrogens is 210 g/mol. The lowest BCUT2D eigenvalue weighted by Gasteiger charge is -2.35. The van der Waals surface area contributed by atoms with Gasteiger partial charge in [-0.1, -0.05) is 0 Å². The van der Waals surface area contributed by atoms with Crippen molar-refractivity contribution in [1.82, 2.24) is 0 Å². The molecule has 0 heterocycles. The third kappa shape index (κ3) is 7.93. The highest BCUT2D eigenvalue weighted by molar-refractivity contribution is 6.59. The Kier molecular flexibility index (Phi) is 5.43. The molecule has 0 aromatic rings. The van der Waals surface area contributed by atoms with Crippen molar-refractivity contribution in [2.24, 2.45) is 5.73 Å². The minimum absolute atomic E-state index is 0.0720. The summed E-state index contributed by atoms with van der Waals surface area (Å²) in [6, 6.07) is 0. The van der Waals surface area contributed by atoms with Crippen LogP contribution in [0.25, 0.3) is 0 Å². The second-order valence-corrected chi connectivity index (χ2v) is 7.30. The van der Waals surface area contributed by atoms with Crippen LogP contribution in [0.3, 0.4) is 0 Å². The molecule has 0 aliphatic heterocycles. The third-order valence-electron chi connectivity index (χ3n) is 1.35. The Morgan fingerprint density at radius 2 is 1.33 bits per heavy atom. The largest absolute Gasteiger partial charge is 0.499 e. The zero-order valence-electron chi connectivity index (χ0n) is 11.0. The zero-order chi connectivity index (χ0) is 12.3. The molecule has 0 fully saturated rings. The lowest BCUT2D eigenvalue weighted by molar-refractivity contribution is -0.0296. The summed E-state index contributed by atoms with van der Waals surface area (Å²) in [6.07, 6.45) is 0.144. The van der Waals surface area contributed by atoms with E-state index in [-0.39, 0.29) is 12.2 Å². The Hall–Kier alpha value is 0.0569. The van der Waals surface area contributed by atoms with Gasteiger partial charge in [-0.05, 0) is 41.5 Å². The summed E-state index contributed by atoms with van der Waals surface area (Å²) < 4.78 is 17.2. The van der Waals surface area contributed by atoms with E-state index in [1.54, 1.807) is 13.8 Å². The lowest BCUT2D eigenvalue weighted by Crippen LogP contribution is -2.54. The van der Waals surface area contributed by atoms with Crippen molar-refractivity contribution in [2.75, 3.05) is 0 Å². The minimum Gasteiger partial charge on any atom is -0.371 e. The van der Waals surface area contributed by atoms with Gasteiger partial charge in [0.05, 0.1) is 0 Å². The number of hydrogen-bond acceptors (Lipinski definition) is 4. The van der Waals surface area contributed by atoms with Crippen LogP contribution < -0.4 is 5.73 Å². The third-order valence-corrected chi connectivity index (χ3v) is 4.04. The van der Waals surface area contributed by atoms with Crippen molar-refractivity contribution in [3.05, 3.63) is 0 Å². The van der Waals surface area contributed by atoms with Gasteiger partial charge in [-0.3, -0.25) is 0 Å². The van der Waals surface area contributed by atoms with E-state index in [1.165, 1.54) is 0 Å². The molecule has 0 saturated carbocycles. The zero-order valence-corrected chi connectivity index (χ0v) is 12.0. The first-order chi connectivity index (χ1) is 6.54. The predicted molar refractivity (Wildman–Crippen MR) is 63.4 cm³/mol. The van der Waals surface area contributed by atoms with E-state index >= 15 is 0 Å². The summed E-state index contributed by atoms with van der Waals surface area (Å²) >= 11 is 0. The molecule has 0 amide bonds. The Morgan fingerprint density at radius 3 is 1.53 bits per heavy atom. The van der Waals surface area contributed by atoms with Crippen LogP contribution in [0.5, 0.6) is 0 Å². The van der Waals surface area contributed by atoms with Gasteiger partial charge in [0, 0.05) is 18.8 Å². The molecule has 0 aromatic heterocycles. The van der Waals surface area contributed by atoms with Gasteiger partial charge in [-0.25, -0.2) is 0 Å². The molecular formula is C10H25NO3Si. The Balaban J connectivity index is 4.54. The highest BCUT2D eigenvalue weighted by Gasteiger charge is 2.41. The fourth-order valence-electron chi connectivity index (χ4n) is 1.41. The maximum atomic E-state index is 5.83. The lowest BCUT2D eigenvalue weighted by atomic mass is 10.4. The molecule has 0 spiro atoms. The minimum atomic E-state index is -2.64. The maximum absolute atomic E-state index is 5.83. The topological polar surface area (TPSA) is 53.7 Å². The molecule has 0 aliphatic carbocycles. The molecule has 15 heavy (non-hydrogen) atoms. The first-order valence-corrected chi connectivity index (χ1v) is 7.61. The first kappa shape index (κ1) is 15.1. The molecule has 0 atom stereocenters. The molecule has 0 radical (unpaired) electrons. The maximum Gasteiger partial charge on any atom is 0.499 e. The molecule has 92 valence electrons. The quantitative estimate of drug-likeness (QED) is 0.566. The van der Waals surface area contributed by atoms with Crippen LogP contribution in [0.2, 0.25) is 6.55 Å². The molecule has 2 N–H and O–H groups in total. The van der Waals surface area contributed by atoms with E-state index in [2.05, 4.69) is 0 Å². The van der Waals surface area contributed by atoms with Crippen molar-refractivity contribution in [1.29, 1.82) is 0 Å². The number of hydrogen-bond donors (Lipinski definition) is 1.